The number of hydrogen-bond acceptors (Lipinski definition) is 4. The van der Waals surface area contributed by atoms with Crippen molar-refractivity contribution < 1.29 is 4.74 Å². The van der Waals surface area contributed by atoms with Crippen LogP contribution in [0.3, 0.4) is 0 Å². The zero-order chi connectivity index (χ0) is 14.1. The second-order valence-corrected chi connectivity index (χ2v) is 7.01. The number of nitrogen functional groups attached to an aromatic ring is 1. The van der Waals surface area contributed by atoms with Gasteiger partial charge in [-0.15, -0.1) is 11.3 Å². The summed E-state index contributed by atoms with van der Waals surface area (Å²) < 4.78 is 7.32. The fourth-order valence-corrected chi connectivity index (χ4v) is 3.94. The predicted octanol–water partition coefficient (Wildman–Crippen LogP) is 4.53. The quantitative estimate of drug-likeness (QED) is 0.845. The molecule has 1 fully saturated rings. The SMILES string of the molecule is CCC1CCCC(Oc2cc3nc(C)sc3cc2N)C1. The summed E-state index contributed by atoms with van der Waals surface area (Å²) in [5.74, 6) is 1.62. The Labute approximate surface area is 124 Å². The Bertz CT molecular complexity index is 608. The van der Waals surface area contributed by atoms with Gasteiger partial charge in [-0.1, -0.05) is 19.8 Å². The number of aryl methyl sites for hydroxylation is 1. The first-order valence-electron chi connectivity index (χ1n) is 7.49. The van der Waals surface area contributed by atoms with E-state index in [0.29, 0.717) is 6.10 Å². The number of benzene rings is 1. The van der Waals surface area contributed by atoms with Crippen LogP contribution in [0.5, 0.6) is 5.75 Å². The standard InChI is InChI=1S/C16H22N2OS/c1-3-11-5-4-6-12(7-11)19-15-9-14-16(8-13(15)17)20-10(2)18-14/h8-9,11-12H,3-7,17H2,1-2H3. The maximum Gasteiger partial charge on any atom is 0.144 e. The van der Waals surface area contributed by atoms with E-state index in [4.69, 9.17) is 10.5 Å². The zero-order valence-corrected chi connectivity index (χ0v) is 13.0. The van der Waals surface area contributed by atoms with Crippen LogP contribution in [0.1, 0.15) is 44.0 Å². The van der Waals surface area contributed by atoms with Crippen LogP contribution in [0, 0.1) is 12.8 Å². The number of aromatic nitrogens is 1. The molecule has 0 radical (unpaired) electrons. The maximum atomic E-state index is 6.18. The van der Waals surface area contributed by atoms with Crippen molar-refractivity contribution in [2.24, 2.45) is 5.92 Å². The van der Waals surface area contributed by atoms with E-state index in [1.54, 1.807) is 11.3 Å². The monoisotopic (exact) mass is 290 g/mol. The van der Waals surface area contributed by atoms with Gasteiger partial charge < -0.3 is 10.5 Å². The number of ether oxygens (including phenoxy) is 1. The Hall–Kier alpha value is -1.29. The van der Waals surface area contributed by atoms with Crippen molar-refractivity contribution in [3.63, 3.8) is 0 Å². The summed E-state index contributed by atoms with van der Waals surface area (Å²) in [4.78, 5) is 4.52. The molecule has 2 atom stereocenters. The van der Waals surface area contributed by atoms with E-state index in [9.17, 15) is 0 Å². The van der Waals surface area contributed by atoms with Gasteiger partial charge in [0.1, 0.15) is 5.75 Å². The third-order valence-electron chi connectivity index (χ3n) is 4.23. The van der Waals surface area contributed by atoms with E-state index >= 15 is 0 Å². The van der Waals surface area contributed by atoms with Gasteiger partial charge >= 0.3 is 0 Å². The Kier molecular flexibility index (Phi) is 3.83. The molecule has 20 heavy (non-hydrogen) atoms. The molecular weight excluding hydrogens is 268 g/mol. The van der Waals surface area contributed by atoms with Crippen LogP contribution in [0.15, 0.2) is 12.1 Å². The third-order valence-corrected chi connectivity index (χ3v) is 5.17. The highest BCUT2D eigenvalue weighted by Crippen LogP contribution is 2.35. The molecule has 2 aromatic rings. The van der Waals surface area contributed by atoms with E-state index < -0.39 is 0 Å². The average Bonchev–Trinajstić information content (AvgIpc) is 2.78. The summed E-state index contributed by atoms with van der Waals surface area (Å²) in [6.07, 6.45) is 6.47. The van der Waals surface area contributed by atoms with Crippen molar-refractivity contribution in [3.05, 3.63) is 17.1 Å². The number of hydrogen-bond donors (Lipinski definition) is 1. The first kappa shape index (κ1) is 13.7. The molecule has 3 nitrogen and oxygen atoms in total. The lowest BCUT2D eigenvalue weighted by Crippen LogP contribution is -2.25. The van der Waals surface area contributed by atoms with Crippen molar-refractivity contribution in [2.75, 3.05) is 5.73 Å². The van der Waals surface area contributed by atoms with Gasteiger partial charge in [0, 0.05) is 6.07 Å². The van der Waals surface area contributed by atoms with Crippen LogP contribution in [-0.4, -0.2) is 11.1 Å². The molecule has 1 aromatic heterocycles. The summed E-state index contributed by atoms with van der Waals surface area (Å²) in [6.45, 7) is 4.29. The second kappa shape index (κ2) is 5.60. The first-order chi connectivity index (χ1) is 9.65. The van der Waals surface area contributed by atoms with Crippen molar-refractivity contribution in [1.29, 1.82) is 0 Å². The second-order valence-electron chi connectivity index (χ2n) is 5.77. The van der Waals surface area contributed by atoms with Crippen molar-refractivity contribution >= 4 is 27.2 Å². The lowest BCUT2D eigenvalue weighted by atomic mass is 9.85. The fraction of sp³-hybridized carbons (Fsp3) is 0.562. The summed E-state index contributed by atoms with van der Waals surface area (Å²) in [6, 6.07) is 4.00. The van der Waals surface area contributed by atoms with Crippen molar-refractivity contribution in [1.82, 2.24) is 4.98 Å². The molecule has 1 aromatic carbocycles. The molecule has 0 bridgehead atoms. The molecule has 3 rings (SSSR count). The van der Waals surface area contributed by atoms with Crippen LogP contribution in [0.25, 0.3) is 10.2 Å². The maximum absolute atomic E-state index is 6.18. The van der Waals surface area contributed by atoms with Gasteiger partial charge in [-0.25, -0.2) is 4.98 Å². The number of rotatable bonds is 3. The Balaban J connectivity index is 1.81. The first-order valence-corrected chi connectivity index (χ1v) is 8.30. The molecule has 0 aliphatic heterocycles. The molecule has 108 valence electrons. The molecule has 2 unspecified atom stereocenters. The van der Waals surface area contributed by atoms with Crippen LogP contribution in [0.2, 0.25) is 0 Å². The van der Waals surface area contributed by atoms with Gasteiger partial charge in [-0.2, -0.15) is 0 Å². The zero-order valence-electron chi connectivity index (χ0n) is 12.2. The Morgan fingerprint density at radius 2 is 2.25 bits per heavy atom. The highest BCUT2D eigenvalue weighted by Gasteiger charge is 2.23. The topological polar surface area (TPSA) is 48.1 Å². The molecular formula is C16H22N2OS. The van der Waals surface area contributed by atoms with Crippen LogP contribution in [0.4, 0.5) is 5.69 Å². The Morgan fingerprint density at radius 1 is 1.40 bits per heavy atom. The number of fused-ring (bicyclic) bond motifs is 1. The largest absolute Gasteiger partial charge is 0.488 e. The lowest BCUT2D eigenvalue weighted by molar-refractivity contribution is 0.123. The predicted molar refractivity (Wildman–Crippen MR) is 85.4 cm³/mol. The van der Waals surface area contributed by atoms with Crippen LogP contribution in [-0.2, 0) is 0 Å². The number of anilines is 1. The molecule has 0 saturated heterocycles. The third kappa shape index (κ3) is 2.75. The number of nitrogens with zero attached hydrogens (tertiary/aromatic N) is 1. The van der Waals surface area contributed by atoms with Crippen LogP contribution < -0.4 is 10.5 Å². The van der Waals surface area contributed by atoms with E-state index in [-0.39, 0.29) is 0 Å². The normalized spacial score (nSPS) is 23.1. The van der Waals surface area contributed by atoms with E-state index in [1.165, 1.54) is 19.3 Å². The Morgan fingerprint density at radius 3 is 3.05 bits per heavy atom. The van der Waals surface area contributed by atoms with Gasteiger partial charge in [0.05, 0.1) is 27.0 Å². The summed E-state index contributed by atoms with van der Waals surface area (Å²) in [5, 5.41) is 1.07. The molecule has 1 heterocycles. The molecule has 1 aliphatic rings. The van der Waals surface area contributed by atoms with E-state index in [1.807, 2.05) is 19.1 Å². The van der Waals surface area contributed by atoms with E-state index in [2.05, 4.69) is 11.9 Å². The molecule has 2 N–H and O–H groups in total. The van der Waals surface area contributed by atoms with Crippen molar-refractivity contribution in [2.45, 2.75) is 52.1 Å². The van der Waals surface area contributed by atoms with Gasteiger partial charge in [0.15, 0.2) is 0 Å². The molecule has 4 heteroatoms. The minimum atomic E-state index is 0.313. The minimum Gasteiger partial charge on any atom is -0.488 e. The van der Waals surface area contributed by atoms with Gasteiger partial charge in [0.2, 0.25) is 0 Å². The molecule has 0 amide bonds. The summed E-state index contributed by atoms with van der Waals surface area (Å²) >= 11 is 1.68. The summed E-state index contributed by atoms with van der Waals surface area (Å²) in [5.41, 5.74) is 7.87. The van der Waals surface area contributed by atoms with E-state index in [0.717, 1.165) is 45.4 Å². The highest BCUT2D eigenvalue weighted by molar-refractivity contribution is 7.18. The molecule has 1 saturated carbocycles. The highest BCUT2D eigenvalue weighted by atomic mass is 32.1. The lowest BCUT2D eigenvalue weighted by Gasteiger charge is -2.29. The van der Waals surface area contributed by atoms with Crippen molar-refractivity contribution in [3.8, 4) is 5.75 Å². The van der Waals surface area contributed by atoms with Gasteiger partial charge in [-0.05, 0) is 38.2 Å². The number of thiazole rings is 1. The molecule has 1 aliphatic carbocycles. The fourth-order valence-electron chi connectivity index (χ4n) is 3.09. The number of nitrogens with two attached hydrogens (primary N) is 1. The molecule has 0 spiro atoms. The smallest absolute Gasteiger partial charge is 0.144 e. The average molecular weight is 290 g/mol. The van der Waals surface area contributed by atoms with Gasteiger partial charge in [0.25, 0.3) is 0 Å². The minimum absolute atomic E-state index is 0.313. The van der Waals surface area contributed by atoms with Crippen LogP contribution >= 0.6 is 11.3 Å². The summed E-state index contributed by atoms with van der Waals surface area (Å²) in [7, 11) is 0. The van der Waals surface area contributed by atoms with Gasteiger partial charge in [-0.3, -0.25) is 0 Å².